The van der Waals surface area contributed by atoms with Crippen LogP contribution in [0, 0.1) is 0 Å². The van der Waals surface area contributed by atoms with Crippen LogP contribution in [0.15, 0.2) is 48.5 Å². The smallest absolute Gasteiger partial charge is 0.218 e. The summed E-state index contributed by atoms with van der Waals surface area (Å²) in [7, 11) is 1.54. The fraction of sp³-hybridized carbons (Fsp3) is 0.167. The molecule has 1 aromatic heterocycles. The number of fused-ring (bicyclic) bond motifs is 1. The number of hydrogen-bond acceptors (Lipinski definition) is 3. The Morgan fingerprint density at radius 2 is 1.96 bits per heavy atom. The van der Waals surface area contributed by atoms with E-state index >= 15 is 0 Å². The first-order valence-corrected chi connectivity index (χ1v) is 8.78. The molecule has 3 rings (SSSR count). The molecule has 0 aliphatic heterocycles. The van der Waals surface area contributed by atoms with E-state index in [1.165, 1.54) is 11.8 Å². The van der Waals surface area contributed by atoms with Gasteiger partial charge < -0.3 is 9.72 Å². The van der Waals surface area contributed by atoms with E-state index in [4.69, 9.17) is 16.3 Å². The molecule has 1 atom stereocenters. The first kappa shape index (κ1) is 16.1. The van der Waals surface area contributed by atoms with Crippen LogP contribution < -0.4 is 0 Å². The van der Waals surface area contributed by atoms with Gasteiger partial charge in [0.1, 0.15) is 0 Å². The Kier molecular flexibility index (Phi) is 4.76. The molecule has 3 nitrogen and oxygen atoms in total. The fourth-order valence-corrected chi connectivity index (χ4v) is 3.38. The normalized spacial score (nSPS) is 12.5. The van der Waals surface area contributed by atoms with Gasteiger partial charge in [0.15, 0.2) is 5.44 Å². The molecule has 0 saturated carbocycles. The van der Waals surface area contributed by atoms with Crippen LogP contribution in [-0.2, 0) is 4.74 Å². The lowest BCUT2D eigenvalue weighted by Gasteiger charge is -2.12. The van der Waals surface area contributed by atoms with E-state index in [1.54, 1.807) is 7.11 Å². The summed E-state index contributed by atoms with van der Waals surface area (Å²) < 4.78 is 5.29. The molecule has 1 N–H and O–H groups in total. The zero-order valence-corrected chi connectivity index (χ0v) is 14.4. The average Bonchev–Trinajstić information content (AvgIpc) is 2.95. The maximum atomic E-state index is 12.8. The van der Waals surface area contributed by atoms with Gasteiger partial charge in [-0.15, -0.1) is 11.8 Å². The molecular formula is C18H16ClNO2S. The molecule has 0 amide bonds. The summed E-state index contributed by atoms with van der Waals surface area (Å²) in [6, 6.07) is 15.4. The number of ketones is 1. The fourth-order valence-electron chi connectivity index (χ4n) is 2.68. The van der Waals surface area contributed by atoms with E-state index in [-0.39, 0.29) is 5.78 Å². The van der Waals surface area contributed by atoms with Crippen molar-refractivity contribution in [2.45, 2.75) is 5.44 Å². The topological polar surface area (TPSA) is 42.1 Å². The van der Waals surface area contributed by atoms with Gasteiger partial charge in [-0.25, -0.2) is 0 Å². The monoisotopic (exact) mass is 345 g/mol. The van der Waals surface area contributed by atoms with E-state index in [2.05, 4.69) is 4.98 Å². The van der Waals surface area contributed by atoms with Crippen LogP contribution >= 0.6 is 23.4 Å². The summed E-state index contributed by atoms with van der Waals surface area (Å²) in [5.41, 5.74) is 2.73. The predicted octanol–water partition coefficient (Wildman–Crippen LogP) is 5.01. The molecule has 0 saturated heterocycles. The quantitative estimate of drug-likeness (QED) is 0.522. The van der Waals surface area contributed by atoms with Gasteiger partial charge in [0, 0.05) is 28.6 Å². The minimum Gasteiger partial charge on any atom is -0.362 e. The molecule has 23 heavy (non-hydrogen) atoms. The number of ether oxygens (including phenoxy) is 1. The molecule has 0 aliphatic carbocycles. The van der Waals surface area contributed by atoms with E-state index in [9.17, 15) is 4.79 Å². The van der Waals surface area contributed by atoms with Crippen LogP contribution in [0.5, 0.6) is 0 Å². The van der Waals surface area contributed by atoms with Gasteiger partial charge >= 0.3 is 0 Å². The number of halogens is 1. The minimum absolute atomic E-state index is 0.0776. The van der Waals surface area contributed by atoms with Crippen molar-refractivity contribution in [3.63, 3.8) is 0 Å². The lowest BCUT2D eigenvalue weighted by molar-refractivity contribution is 0.0791. The highest BCUT2D eigenvalue weighted by atomic mass is 35.5. The van der Waals surface area contributed by atoms with Crippen LogP contribution in [-0.4, -0.2) is 29.6 Å². The maximum Gasteiger partial charge on any atom is 0.218 e. The third-order valence-electron chi connectivity index (χ3n) is 3.71. The van der Waals surface area contributed by atoms with Crippen LogP contribution in [0.25, 0.3) is 22.0 Å². The summed E-state index contributed by atoms with van der Waals surface area (Å²) in [5, 5.41) is 1.57. The van der Waals surface area contributed by atoms with Gasteiger partial charge in [-0.3, -0.25) is 4.79 Å². The van der Waals surface area contributed by atoms with Crippen LogP contribution in [0.2, 0.25) is 5.02 Å². The van der Waals surface area contributed by atoms with Gasteiger partial charge in [-0.1, -0.05) is 41.9 Å². The largest absolute Gasteiger partial charge is 0.362 e. The summed E-state index contributed by atoms with van der Waals surface area (Å²) >= 11 is 7.53. The third kappa shape index (κ3) is 3.02. The summed E-state index contributed by atoms with van der Waals surface area (Å²) in [5.74, 6) is -0.0776. The lowest BCUT2D eigenvalue weighted by Crippen LogP contribution is -2.20. The van der Waals surface area contributed by atoms with Crippen molar-refractivity contribution in [1.82, 2.24) is 4.98 Å². The average molecular weight is 346 g/mol. The number of benzene rings is 2. The Morgan fingerprint density at radius 1 is 1.22 bits per heavy atom. The number of rotatable bonds is 5. The number of H-pyrrole nitrogens is 1. The van der Waals surface area contributed by atoms with Crippen molar-refractivity contribution in [2.24, 2.45) is 0 Å². The number of aromatic amines is 1. The Morgan fingerprint density at radius 3 is 2.61 bits per heavy atom. The number of hydrogen-bond donors (Lipinski definition) is 1. The molecule has 0 aliphatic rings. The van der Waals surface area contributed by atoms with Crippen molar-refractivity contribution in [3.8, 4) is 11.1 Å². The van der Waals surface area contributed by atoms with Crippen molar-refractivity contribution >= 4 is 40.0 Å². The molecular weight excluding hydrogens is 330 g/mol. The van der Waals surface area contributed by atoms with Crippen molar-refractivity contribution < 1.29 is 9.53 Å². The van der Waals surface area contributed by atoms with E-state index in [0.717, 1.165) is 22.0 Å². The van der Waals surface area contributed by atoms with Gasteiger partial charge in [0.2, 0.25) is 5.78 Å². The summed E-state index contributed by atoms with van der Waals surface area (Å²) in [4.78, 5) is 16.1. The van der Waals surface area contributed by atoms with Crippen molar-refractivity contribution in [2.75, 3.05) is 13.4 Å². The van der Waals surface area contributed by atoms with Gasteiger partial charge in [-0.2, -0.15) is 0 Å². The van der Waals surface area contributed by atoms with Gasteiger partial charge in [0.05, 0.1) is 5.69 Å². The molecule has 0 bridgehead atoms. The lowest BCUT2D eigenvalue weighted by atomic mass is 10.0. The highest BCUT2D eigenvalue weighted by molar-refractivity contribution is 7.99. The first-order valence-electron chi connectivity index (χ1n) is 7.12. The van der Waals surface area contributed by atoms with Crippen LogP contribution in [0.4, 0.5) is 0 Å². The second-order valence-corrected chi connectivity index (χ2v) is 6.43. The molecule has 0 spiro atoms. The third-order valence-corrected chi connectivity index (χ3v) is 4.78. The van der Waals surface area contributed by atoms with Crippen molar-refractivity contribution in [1.29, 1.82) is 0 Å². The molecule has 3 aromatic rings. The number of nitrogens with one attached hydrogen (secondary N) is 1. The Bertz CT molecular complexity index is 841. The molecule has 5 heteroatoms. The SMILES string of the molecule is COC(SC)C(=O)c1[nH]c2ccc(Cl)cc2c1-c1ccccc1. The van der Waals surface area contributed by atoms with Crippen LogP contribution in [0.1, 0.15) is 10.5 Å². The number of Topliss-reactive ketones (excluding diaryl/α,β-unsaturated/α-hetero) is 1. The van der Waals surface area contributed by atoms with Crippen LogP contribution in [0.3, 0.4) is 0 Å². The molecule has 0 fully saturated rings. The number of carbonyl (C=O) groups is 1. The molecule has 2 aromatic carbocycles. The van der Waals surface area contributed by atoms with Crippen molar-refractivity contribution in [3.05, 3.63) is 59.2 Å². The Labute approximate surface area is 144 Å². The standard InChI is InChI=1S/C18H16ClNO2S/c1-22-18(23-2)17(21)16-15(11-6-4-3-5-7-11)13-10-12(19)8-9-14(13)20-16/h3-10,18,20H,1-2H3. The Hall–Kier alpha value is -1.75. The zero-order chi connectivity index (χ0) is 16.4. The minimum atomic E-state index is -0.541. The number of carbonyl (C=O) groups excluding carboxylic acids is 1. The highest BCUT2D eigenvalue weighted by Crippen LogP contribution is 2.35. The maximum absolute atomic E-state index is 12.8. The molecule has 1 heterocycles. The number of aromatic nitrogens is 1. The Balaban J connectivity index is 2.27. The van der Waals surface area contributed by atoms with Gasteiger partial charge in [0.25, 0.3) is 0 Å². The van der Waals surface area contributed by atoms with E-state index < -0.39 is 5.44 Å². The second kappa shape index (κ2) is 6.79. The molecule has 0 radical (unpaired) electrons. The molecule has 118 valence electrons. The van der Waals surface area contributed by atoms with E-state index in [1.807, 2.05) is 54.8 Å². The predicted molar refractivity (Wildman–Crippen MR) is 97.4 cm³/mol. The van der Waals surface area contributed by atoms with E-state index in [0.29, 0.717) is 10.7 Å². The van der Waals surface area contributed by atoms with Gasteiger partial charge in [-0.05, 0) is 30.0 Å². The number of thioether (sulfide) groups is 1. The first-order chi connectivity index (χ1) is 11.2. The summed E-state index contributed by atoms with van der Waals surface area (Å²) in [6.07, 6.45) is 1.85. The highest BCUT2D eigenvalue weighted by Gasteiger charge is 2.25. The molecule has 1 unspecified atom stereocenters. The number of methoxy groups -OCH3 is 1. The summed E-state index contributed by atoms with van der Waals surface area (Å²) in [6.45, 7) is 0. The second-order valence-electron chi connectivity index (χ2n) is 5.10. The zero-order valence-electron chi connectivity index (χ0n) is 12.8.